The van der Waals surface area contributed by atoms with Crippen LogP contribution in [0.1, 0.15) is 134 Å². The van der Waals surface area contributed by atoms with Crippen LogP contribution in [0.3, 0.4) is 0 Å². The van der Waals surface area contributed by atoms with E-state index >= 15 is 0 Å². The molecule has 2 amide bonds. The highest BCUT2D eigenvalue weighted by atomic mass is 32.1. The number of nitrogens with two attached hydrogens (primary N) is 2. The number of hydrogen-bond donors (Lipinski definition) is 5. The highest BCUT2D eigenvalue weighted by molar-refractivity contribution is 7.16. The number of aryl methyl sites for hydroxylation is 1. The van der Waals surface area contributed by atoms with Crippen LogP contribution in [-0.4, -0.2) is 89.4 Å². The molecule has 10 atom stereocenters. The fraction of sp³-hybridized carbons (Fsp3) is 0.696. The number of aliphatic hydroxyl groups excluding tert-OH is 1. The minimum Gasteiger partial charge on any atom is -0.405 e. The summed E-state index contributed by atoms with van der Waals surface area (Å²) in [6.45, 7) is 14.4. The van der Waals surface area contributed by atoms with Gasteiger partial charge in [-0.2, -0.15) is 0 Å². The smallest absolute Gasteiger partial charge is 0.405 e. The molecule has 3 saturated carbocycles. The molecule has 4 aliphatic rings. The highest BCUT2D eigenvalue weighted by Crippen LogP contribution is 2.66. The maximum atomic E-state index is 13.8. The van der Waals surface area contributed by atoms with Crippen molar-refractivity contribution >= 4 is 47.6 Å². The topological polar surface area (TPSA) is 213 Å². The predicted molar refractivity (Wildman–Crippen MR) is 239 cm³/mol. The number of aliphatic hydroxyl groups is 1. The Balaban J connectivity index is 1.15. The normalized spacial score (nSPS) is 24.4. The van der Waals surface area contributed by atoms with E-state index in [1.54, 1.807) is 6.92 Å². The second-order valence-corrected chi connectivity index (χ2v) is 19.9. The lowest BCUT2D eigenvalue weighted by molar-refractivity contribution is -0.199. The van der Waals surface area contributed by atoms with Crippen molar-refractivity contribution < 1.29 is 38.4 Å². The number of thiazole rings is 1. The number of carbonyl (C=O) groups is 5. The van der Waals surface area contributed by atoms with Gasteiger partial charge in [0.1, 0.15) is 11.0 Å². The first kappa shape index (κ1) is 48.7. The van der Waals surface area contributed by atoms with Gasteiger partial charge < -0.3 is 36.5 Å². The van der Waals surface area contributed by atoms with E-state index < -0.39 is 60.3 Å². The maximum Gasteiger partial charge on any atom is 0.461 e. The molecule has 336 valence electrons. The molecule has 0 spiro atoms. The van der Waals surface area contributed by atoms with E-state index in [0.29, 0.717) is 47.5 Å². The van der Waals surface area contributed by atoms with E-state index in [9.17, 15) is 29.1 Å². The number of carbonyl (C=O) groups excluding carboxylic acids is 5. The molecule has 7 N–H and O–H groups in total. The van der Waals surface area contributed by atoms with Crippen molar-refractivity contribution in [3.8, 4) is 10.6 Å². The number of nitrogens with one attached hydrogen (secondary N) is 2. The fourth-order valence-corrected chi connectivity index (χ4v) is 10.5. The van der Waals surface area contributed by atoms with Crippen molar-refractivity contribution in [1.82, 2.24) is 15.6 Å². The summed E-state index contributed by atoms with van der Waals surface area (Å²) in [4.78, 5) is 72.9. The second-order valence-electron chi connectivity index (χ2n) is 18.9. The molecule has 0 radical (unpaired) electrons. The van der Waals surface area contributed by atoms with E-state index in [-0.39, 0.29) is 61.1 Å². The zero-order valence-corrected chi connectivity index (χ0v) is 38.2. The van der Waals surface area contributed by atoms with Gasteiger partial charge in [-0.25, -0.2) is 4.98 Å². The van der Waals surface area contributed by atoms with Crippen LogP contribution < -0.4 is 22.1 Å². The maximum absolute atomic E-state index is 13.8. The van der Waals surface area contributed by atoms with Crippen molar-refractivity contribution in [2.45, 2.75) is 161 Å². The first-order chi connectivity index (χ1) is 28.9. The molecule has 3 aliphatic carbocycles. The second kappa shape index (κ2) is 21.4. The first-order valence-electron chi connectivity index (χ1n) is 22.6. The molecule has 2 bridgehead atoms. The van der Waals surface area contributed by atoms with Crippen LogP contribution in [0.4, 0.5) is 0 Å². The van der Waals surface area contributed by atoms with E-state index in [1.807, 2.05) is 19.1 Å². The van der Waals surface area contributed by atoms with Crippen LogP contribution in [0.25, 0.3) is 10.6 Å². The quantitative estimate of drug-likeness (QED) is 0.0454. The Hall–Kier alpha value is -3.34. The van der Waals surface area contributed by atoms with Gasteiger partial charge in [-0.1, -0.05) is 65.3 Å². The fourth-order valence-electron chi connectivity index (χ4n) is 9.67. The van der Waals surface area contributed by atoms with Gasteiger partial charge >= 0.3 is 7.12 Å². The highest BCUT2D eigenvalue weighted by Gasteiger charge is 2.68. The Kier molecular flexibility index (Phi) is 17.1. The third-order valence-corrected chi connectivity index (χ3v) is 14.9. The molecular weight excluding hydrogens is 793 g/mol. The lowest BCUT2D eigenvalue weighted by atomic mass is 9.43. The number of Topliss-reactive ketones (excluding diaryl/α,β-unsaturated/α-hetero) is 3. The Labute approximate surface area is 366 Å². The van der Waals surface area contributed by atoms with Gasteiger partial charge in [0, 0.05) is 42.9 Å². The molecule has 13 nitrogen and oxygen atoms in total. The Morgan fingerprint density at radius 2 is 1.64 bits per heavy atom. The molecule has 6 rings (SSSR count). The van der Waals surface area contributed by atoms with Crippen LogP contribution in [0.15, 0.2) is 30.5 Å². The van der Waals surface area contributed by atoms with Gasteiger partial charge in [0.2, 0.25) is 11.8 Å². The van der Waals surface area contributed by atoms with Gasteiger partial charge in [-0.15, -0.1) is 11.3 Å². The number of nitrogens with zero attached hydrogens (tertiary/aromatic N) is 1. The monoisotopic (exact) mass is 864 g/mol. The van der Waals surface area contributed by atoms with Crippen LogP contribution >= 0.6 is 11.3 Å². The van der Waals surface area contributed by atoms with Crippen molar-refractivity contribution in [1.29, 1.82) is 0 Å². The molecule has 2 heterocycles. The minimum atomic E-state index is -1.33. The van der Waals surface area contributed by atoms with Crippen molar-refractivity contribution in [3.63, 3.8) is 0 Å². The average Bonchev–Trinajstić information content (AvgIpc) is 3.86. The molecule has 4 fully saturated rings. The van der Waals surface area contributed by atoms with Crippen LogP contribution in [0.5, 0.6) is 0 Å². The summed E-state index contributed by atoms with van der Waals surface area (Å²) in [5.74, 6) is -3.02. The summed E-state index contributed by atoms with van der Waals surface area (Å²) < 4.78 is 13.1. The third-order valence-electron chi connectivity index (χ3n) is 13.8. The van der Waals surface area contributed by atoms with Gasteiger partial charge in [0.15, 0.2) is 17.3 Å². The SMILES string of the molecule is CCCCc1ccc(-c2ncc(C(=O)C[C@@H](CCN)C(=O)N[C@H](C(=O)C[C@@H](C)C(=O)N[C@@H](CCCCN)C(=O)C[C@@H](C)B3OC4C[C@@H]5C[C@@H](C5(C)C)[C@]4(C)O3)[C@@H](C)O)s2)cc1. The molecule has 1 aliphatic heterocycles. The summed E-state index contributed by atoms with van der Waals surface area (Å²) in [5, 5.41) is 16.9. The molecule has 15 heteroatoms. The first-order valence-corrected chi connectivity index (χ1v) is 23.4. The molecule has 1 unspecified atom stereocenters. The summed E-state index contributed by atoms with van der Waals surface area (Å²) in [7, 11) is -0.523. The van der Waals surface area contributed by atoms with E-state index in [4.69, 9.17) is 20.8 Å². The number of aromatic nitrogens is 1. The number of ketones is 3. The lowest BCUT2D eigenvalue weighted by Crippen LogP contribution is -2.65. The average molecular weight is 864 g/mol. The zero-order valence-electron chi connectivity index (χ0n) is 37.4. The molecule has 1 saturated heterocycles. The molecule has 61 heavy (non-hydrogen) atoms. The van der Waals surface area contributed by atoms with Gasteiger partial charge in [0.25, 0.3) is 0 Å². The number of amides is 2. The van der Waals surface area contributed by atoms with E-state index in [2.05, 4.69) is 55.4 Å². The van der Waals surface area contributed by atoms with Crippen LogP contribution in [-0.2, 0) is 34.9 Å². The zero-order chi connectivity index (χ0) is 44.6. The summed E-state index contributed by atoms with van der Waals surface area (Å²) in [6.07, 6.45) is 7.11. The van der Waals surface area contributed by atoms with Crippen LogP contribution in [0.2, 0.25) is 5.82 Å². The summed E-state index contributed by atoms with van der Waals surface area (Å²) in [5.41, 5.74) is 13.6. The lowest BCUT2D eigenvalue weighted by Gasteiger charge is -2.64. The third kappa shape index (κ3) is 11.6. The molecule has 2 aromatic rings. The Morgan fingerprint density at radius 3 is 2.28 bits per heavy atom. The number of benzene rings is 1. The van der Waals surface area contributed by atoms with E-state index in [0.717, 1.165) is 37.7 Å². The van der Waals surface area contributed by atoms with E-state index in [1.165, 1.54) is 30.0 Å². The molecular formula is C46H70BN5O8S. The largest absolute Gasteiger partial charge is 0.461 e. The van der Waals surface area contributed by atoms with Gasteiger partial charge in [-0.05, 0) is 107 Å². The minimum absolute atomic E-state index is 0.00370. The Bertz CT molecular complexity index is 1840. The number of rotatable bonds is 25. The van der Waals surface area contributed by atoms with Gasteiger partial charge in [0.05, 0.1) is 28.7 Å². The van der Waals surface area contributed by atoms with Crippen molar-refractivity contribution in [2.24, 2.45) is 40.6 Å². The Morgan fingerprint density at radius 1 is 0.918 bits per heavy atom. The standard InChI is InChI=1S/C46H70BN5O8S/c1-8-9-12-30-14-16-31(17-15-30)44-50-26-38(61-44)36(55)23-32(18-20-49)43(58)52-41(29(4)53)37(56)21-27(2)42(57)51-34(13-10-11-19-48)35(54)22-28(3)47-59-40-25-33-24-39(45(33,5)6)46(40,7)60-47/h14-17,26-29,32-34,39-41,53H,8-13,18-25,48-49H2,1-7H3,(H,51,57)(H,52,58)/t27-,28-,29-,32-,33+,34+,39+,40?,41+,46+/m1/s1. The summed E-state index contributed by atoms with van der Waals surface area (Å²) in [6, 6.07) is 6.02. The molecule has 1 aromatic heterocycles. The van der Waals surface area contributed by atoms with Crippen LogP contribution in [0, 0.1) is 29.1 Å². The van der Waals surface area contributed by atoms with Crippen molar-refractivity contribution in [3.05, 3.63) is 40.9 Å². The van der Waals surface area contributed by atoms with Gasteiger partial charge in [-0.3, -0.25) is 24.0 Å². The molecule has 1 aromatic carbocycles. The summed E-state index contributed by atoms with van der Waals surface area (Å²) >= 11 is 1.25. The number of hydrogen-bond acceptors (Lipinski definition) is 12. The number of unbranched alkanes of at least 4 members (excludes halogenated alkanes) is 2. The predicted octanol–water partition coefficient (Wildman–Crippen LogP) is 5.84. The van der Waals surface area contributed by atoms with Crippen molar-refractivity contribution in [2.75, 3.05) is 13.1 Å².